The minimum absolute atomic E-state index is 0.0256. The first-order chi connectivity index (χ1) is 9.61. The Hall–Kier alpha value is -1.55. The van der Waals surface area contributed by atoms with E-state index < -0.39 is 0 Å². The number of nitrogens with one attached hydrogen (secondary N) is 1. The topological polar surface area (TPSA) is 52.6 Å². The molecule has 1 atom stereocenters. The van der Waals surface area contributed by atoms with Crippen LogP contribution in [0.15, 0.2) is 24.3 Å². The SMILES string of the molecule is CCN(C(=O)CNCC1CC1)C(C)c1cccc(O)c1. The molecule has 0 saturated heterocycles. The fourth-order valence-electron chi connectivity index (χ4n) is 2.44. The second-order valence-corrected chi connectivity index (χ2v) is 5.52. The smallest absolute Gasteiger partial charge is 0.237 e. The maximum Gasteiger partial charge on any atom is 0.237 e. The number of amides is 1. The molecule has 2 rings (SSSR count). The minimum atomic E-state index is -0.0256. The quantitative estimate of drug-likeness (QED) is 0.803. The van der Waals surface area contributed by atoms with Crippen LogP contribution < -0.4 is 5.32 Å². The third-order valence-electron chi connectivity index (χ3n) is 3.89. The Morgan fingerprint density at radius 1 is 1.50 bits per heavy atom. The van der Waals surface area contributed by atoms with E-state index in [2.05, 4.69) is 5.32 Å². The van der Waals surface area contributed by atoms with Gasteiger partial charge in [0.25, 0.3) is 0 Å². The lowest BCUT2D eigenvalue weighted by Crippen LogP contribution is -2.40. The Morgan fingerprint density at radius 2 is 2.25 bits per heavy atom. The van der Waals surface area contributed by atoms with Crippen LogP contribution in [0.3, 0.4) is 0 Å². The molecule has 0 heterocycles. The molecule has 1 saturated carbocycles. The highest BCUT2D eigenvalue weighted by atomic mass is 16.3. The van der Waals surface area contributed by atoms with Gasteiger partial charge in [0.2, 0.25) is 5.91 Å². The van der Waals surface area contributed by atoms with Crippen molar-refractivity contribution in [2.75, 3.05) is 19.6 Å². The molecule has 20 heavy (non-hydrogen) atoms. The number of benzene rings is 1. The van der Waals surface area contributed by atoms with Gasteiger partial charge in [0.1, 0.15) is 5.75 Å². The first-order valence-corrected chi connectivity index (χ1v) is 7.41. The molecule has 4 heteroatoms. The molecule has 1 aromatic carbocycles. The summed E-state index contributed by atoms with van der Waals surface area (Å²) in [6, 6.07) is 7.09. The maximum absolute atomic E-state index is 12.3. The number of hydrogen-bond acceptors (Lipinski definition) is 3. The largest absolute Gasteiger partial charge is 0.508 e. The summed E-state index contributed by atoms with van der Waals surface area (Å²) in [5.74, 6) is 1.13. The molecule has 0 radical (unpaired) electrons. The molecule has 0 spiro atoms. The molecule has 1 fully saturated rings. The predicted molar refractivity (Wildman–Crippen MR) is 79.5 cm³/mol. The summed E-state index contributed by atoms with van der Waals surface area (Å²) in [4.78, 5) is 14.1. The molecular weight excluding hydrogens is 252 g/mol. The molecule has 1 aliphatic carbocycles. The Kier molecular flexibility index (Phi) is 5.01. The van der Waals surface area contributed by atoms with Crippen LogP contribution in [0, 0.1) is 5.92 Å². The summed E-state index contributed by atoms with van der Waals surface area (Å²) in [5.41, 5.74) is 0.961. The van der Waals surface area contributed by atoms with Crippen LogP contribution in [-0.4, -0.2) is 35.5 Å². The Morgan fingerprint density at radius 3 is 2.85 bits per heavy atom. The average Bonchev–Trinajstić information content (AvgIpc) is 3.23. The van der Waals surface area contributed by atoms with Crippen LogP contribution >= 0.6 is 0 Å². The lowest BCUT2D eigenvalue weighted by molar-refractivity contribution is -0.132. The van der Waals surface area contributed by atoms with Crippen LogP contribution in [0.4, 0.5) is 0 Å². The van der Waals surface area contributed by atoms with Gasteiger partial charge in [0.05, 0.1) is 12.6 Å². The number of carbonyl (C=O) groups excluding carboxylic acids is 1. The van der Waals surface area contributed by atoms with Crippen LogP contribution in [0.2, 0.25) is 0 Å². The van der Waals surface area contributed by atoms with Crippen LogP contribution in [0.1, 0.15) is 38.3 Å². The number of likely N-dealkylation sites (N-methyl/N-ethyl adjacent to an activating group) is 1. The molecule has 0 aromatic heterocycles. The molecule has 2 N–H and O–H groups in total. The van der Waals surface area contributed by atoms with Crippen molar-refractivity contribution in [2.45, 2.75) is 32.7 Å². The summed E-state index contributed by atoms with van der Waals surface area (Å²) in [7, 11) is 0. The standard InChI is InChI=1S/C16H24N2O2/c1-3-18(16(20)11-17-10-13-7-8-13)12(2)14-5-4-6-15(19)9-14/h4-6,9,12-13,17,19H,3,7-8,10-11H2,1-2H3. The Balaban J connectivity index is 1.92. The number of nitrogens with zero attached hydrogens (tertiary/aromatic N) is 1. The van der Waals surface area contributed by atoms with E-state index in [4.69, 9.17) is 0 Å². The van der Waals surface area contributed by atoms with Gasteiger partial charge in [-0.25, -0.2) is 0 Å². The van der Waals surface area contributed by atoms with Crippen LogP contribution in [-0.2, 0) is 4.79 Å². The van der Waals surface area contributed by atoms with Gasteiger partial charge in [-0.05, 0) is 56.8 Å². The van der Waals surface area contributed by atoms with Gasteiger partial charge in [0.15, 0.2) is 0 Å². The van der Waals surface area contributed by atoms with Crippen LogP contribution in [0.5, 0.6) is 5.75 Å². The van der Waals surface area contributed by atoms with Crippen molar-refractivity contribution in [2.24, 2.45) is 5.92 Å². The van der Waals surface area contributed by atoms with E-state index >= 15 is 0 Å². The van der Waals surface area contributed by atoms with Gasteiger partial charge in [-0.1, -0.05) is 12.1 Å². The van der Waals surface area contributed by atoms with Gasteiger partial charge in [-0.3, -0.25) is 4.79 Å². The number of phenolic OH excluding ortho intramolecular Hbond substituents is 1. The van der Waals surface area contributed by atoms with Gasteiger partial charge in [-0.2, -0.15) is 0 Å². The number of phenols is 1. The third kappa shape index (κ3) is 3.97. The Labute approximate surface area is 120 Å². The first-order valence-electron chi connectivity index (χ1n) is 7.41. The maximum atomic E-state index is 12.3. The number of hydrogen-bond donors (Lipinski definition) is 2. The van der Waals surface area contributed by atoms with E-state index in [1.807, 2.05) is 30.9 Å². The van der Waals surface area contributed by atoms with E-state index in [0.29, 0.717) is 13.1 Å². The zero-order valence-corrected chi connectivity index (χ0v) is 12.3. The minimum Gasteiger partial charge on any atom is -0.508 e. The number of rotatable bonds is 7. The molecule has 1 unspecified atom stereocenters. The van der Waals surface area contributed by atoms with Crippen molar-refractivity contribution in [3.8, 4) is 5.75 Å². The molecule has 1 amide bonds. The zero-order valence-electron chi connectivity index (χ0n) is 12.3. The first kappa shape index (κ1) is 14.9. The van der Waals surface area contributed by atoms with E-state index in [-0.39, 0.29) is 17.7 Å². The predicted octanol–water partition coefficient (Wildman–Crippen LogP) is 2.30. The summed E-state index contributed by atoms with van der Waals surface area (Å²) in [5, 5.41) is 12.8. The normalized spacial score (nSPS) is 15.9. The molecule has 0 aliphatic heterocycles. The highest BCUT2D eigenvalue weighted by molar-refractivity contribution is 5.78. The van der Waals surface area contributed by atoms with Gasteiger partial charge in [0, 0.05) is 6.54 Å². The monoisotopic (exact) mass is 276 g/mol. The van der Waals surface area contributed by atoms with E-state index in [0.717, 1.165) is 18.0 Å². The lowest BCUT2D eigenvalue weighted by atomic mass is 10.1. The summed E-state index contributed by atoms with van der Waals surface area (Å²) < 4.78 is 0. The average molecular weight is 276 g/mol. The lowest BCUT2D eigenvalue weighted by Gasteiger charge is -2.28. The van der Waals surface area contributed by atoms with Crippen molar-refractivity contribution in [1.82, 2.24) is 10.2 Å². The molecule has 110 valence electrons. The van der Waals surface area contributed by atoms with Crippen molar-refractivity contribution >= 4 is 5.91 Å². The van der Waals surface area contributed by atoms with Gasteiger partial charge in [-0.15, -0.1) is 0 Å². The Bertz CT molecular complexity index is 458. The van der Waals surface area contributed by atoms with Crippen molar-refractivity contribution in [3.05, 3.63) is 29.8 Å². The zero-order chi connectivity index (χ0) is 14.5. The number of carbonyl (C=O) groups is 1. The second kappa shape index (κ2) is 6.75. The fourth-order valence-corrected chi connectivity index (χ4v) is 2.44. The second-order valence-electron chi connectivity index (χ2n) is 5.52. The van der Waals surface area contributed by atoms with Crippen molar-refractivity contribution in [3.63, 3.8) is 0 Å². The molecule has 0 bridgehead atoms. The highest BCUT2D eigenvalue weighted by Gasteiger charge is 2.23. The molecular formula is C16H24N2O2. The molecule has 4 nitrogen and oxygen atoms in total. The van der Waals surface area contributed by atoms with E-state index in [1.165, 1.54) is 12.8 Å². The summed E-state index contributed by atoms with van der Waals surface area (Å²) >= 11 is 0. The highest BCUT2D eigenvalue weighted by Crippen LogP contribution is 2.27. The fraction of sp³-hybridized carbons (Fsp3) is 0.562. The summed E-state index contributed by atoms with van der Waals surface area (Å²) in [6.07, 6.45) is 2.58. The third-order valence-corrected chi connectivity index (χ3v) is 3.89. The van der Waals surface area contributed by atoms with E-state index in [1.54, 1.807) is 12.1 Å². The van der Waals surface area contributed by atoms with Gasteiger partial charge >= 0.3 is 0 Å². The van der Waals surface area contributed by atoms with E-state index in [9.17, 15) is 9.90 Å². The van der Waals surface area contributed by atoms with Crippen molar-refractivity contribution < 1.29 is 9.90 Å². The molecule has 1 aromatic rings. The number of aromatic hydroxyl groups is 1. The molecule has 1 aliphatic rings. The summed E-state index contributed by atoms with van der Waals surface area (Å²) in [6.45, 7) is 5.99. The van der Waals surface area contributed by atoms with Crippen molar-refractivity contribution in [1.29, 1.82) is 0 Å². The van der Waals surface area contributed by atoms with Crippen LogP contribution in [0.25, 0.3) is 0 Å². The van der Waals surface area contributed by atoms with Gasteiger partial charge < -0.3 is 15.3 Å².